The van der Waals surface area contributed by atoms with Gasteiger partial charge < -0.3 is 10.2 Å². The Balaban J connectivity index is 2.10. The molecular formula is C13H21F2N3S. The first-order valence-electron chi connectivity index (χ1n) is 6.69. The van der Waals surface area contributed by atoms with Crippen LogP contribution in [0.5, 0.6) is 0 Å². The second-order valence-corrected chi connectivity index (χ2v) is 6.45. The number of thiazole rings is 1. The molecule has 6 heteroatoms. The minimum Gasteiger partial charge on any atom is -0.345 e. The third kappa shape index (κ3) is 4.11. The summed E-state index contributed by atoms with van der Waals surface area (Å²) in [6.07, 6.45) is 0.0304. The van der Waals surface area contributed by atoms with Gasteiger partial charge in [-0.05, 0) is 12.8 Å². The predicted octanol–water partition coefficient (Wildman–Crippen LogP) is 3.22. The fourth-order valence-corrected chi connectivity index (χ4v) is 2.97. The van der Waals surface area contributed by atoms with Crippen LogP contribution in [0, 0.1) is 0 Å². The lowest BCUT2D eigenvalue weighted by Gasteiger charge is -2.14. The van der Waals surface area contributed by atoms with Crippen LogP contribution >= 0.6 is 11.3 Å². The van der Waals surface area contributed by atoms with E-state index in [1.165, 1.54) is 29.1 Å². The van der Waals surface area contributed by atoms with E-state index in [1.807, 2.05) is 0 Å². The maximum atomic E-state index is 12.4. The van der Waals surface area contributed by atoms with Gasteiger partial charge in [0.1, 0.15) is 0 Å². The molecule has 0 amide bonds. The summed E-state index contributed by atoms with van der Waals surface area (Å²) in [5.41, 5.74) is 1.12. The predicted molar refractivity (Wildman–Crippen MR) is 75.3 cm³/mol. The van der Waals surface area contributed by atoms with Gasteiger partial charge in [0.05, 0.1) is 12.2 Å². The number of nitrogens with zero attached hydrogens (tertiary/aromatic N) is 2. The first-order chi connectivity index (χ1) is 8.97. The highest BCUT2D eigenvalue weighted by Crippen LogP contribution is 2.44. The van der Waals surface area contributed by atoms with Crippen LogP contribution in [-0.4, -0.2) is 31.0 Å². The van der Waals surface area contributed by atoms with Crippen LogP contribution in [0.2, 0.25) is 0 Å². The Morgan fingerprint density at radius 1 is 1.42 bits per heavy atom. The molecule has 1 aliphatic rings. The molecule has 1 aromatic heterocycles. The van der Waals surface area contributed by atoms with Crippen LogP contribution in [0.3, 0.4) is 0 Å². The molecule has 1 heterocycles. The number of rotatable bonds is 7. The molecule has 1 N–H and O–H groups in total. The van der Waals surface area contributed by atoms with Crippen molar-refractivity contribution in [3.63, 3.8) is 0 Å². The van der Waals surface area contributed by atoms with Crippen LogP contribution in [0.25, 0.3) is 0 Å². The van der Waals surface area contributed by atoms with Gasteiger partial charge in [-0.2, -0.15) is 0 Å². The Hall–Kier alpha value is -0.750. The van der Waals surface area contributed by atoms with Crippen molar-refractivity contribution < 1.29 is 8.78 Å². The van der Waals surface area contributed by atoms with Crippen molar-refractivity contribution in [2.24, 2.45) is 0 Å². The first-order valence-corrected chi connectivity index (χ1v) is 7.51. The molecule has 0 saturated heterocycles. The molecule has 0 unspecified atom stereocenters. The maximum absolute atomic E-state index is 12.4. The zero-order chi connectivity index (χ0) is 14.0. The largest absolute Gasteiger partial charge is 0.345 e. The molecule has 0 bridgehead atoms. The molecule has 0 aromatic carbocycles. The number of hydrogen-bond donors (Lipinski definition) is 1. The van der Waals surface area contributed by atoms with Crippen molar-refractivity contribution in [2.45, 2.75) is 51.6 Å². The highest BCUT2D eigenvalue weighted by molar-refractivity contribution is 7.15. The van der Waals surface area contributed by atoms with E-state index in [0.29, 0.717) is 17.1 Å². The Morgan fingerprint density at radius 3 is 2.63 bits per heavy atom. The third-order valence-corrected chi connectivity index (χ3v) is 4.28. The van der Waals surface area contributed by atoms with Crippen LogP contribution in [0.4, 0.5) is 13.9 Å². The third-order valence-electron chi connectivity index (χ3n) is 3.09. The zero-order valence-corrected chi connectivity index (χ0v) is 12.4. The van der Waals surface area contributed by atoms with Crippen molar-refractivity contribution in [2.75, 3.05) is 18.5 Å². The maximum Gasteiger partial charge on any atom is 0.255 e. The molecular weight excluding hydrogens is 268 g/mol. The first kappa shape index (κ1) is 14.7. The second kappa shape index (κ2) is 6.13. The minimum atomic E-state index is -2.32. The summed E-state index contributed by atoms with van der Waals surface area (Å²) in [5, 5.41) is 4.09. The van der Waals surface area contributed by atoms with Gasteiger partial charge in [0, 0.05) is 30.4 Å². The van der Waals surface area contributed by atoms with E-state index >= 15 is 0 Å². The van der Waals surface area contributed by atoms with Crippen LogP contribution in [-0.2, 0) is 6.54 Å². The van der Waals surface area contributed by atoms with Gasteiger partial charge in [0.2, 0.25) is 0 Å². The number of alkyl halides is 2. The molecule has 3 nitrogen and oxygen atoms in total. The summed E-state index contributed by atoms with van der Waals surface area (Å²) < 4.78 is 24.9. The fourth-order valence-electron chi connectivity index (χ4n) is 1.90. The van der Waals surface area contributed by atoms with E-state index in [2.05, 4.69) is 24.1 Å². The molecule has 0 radical (unpaired) electrons. The Morgan fingerprint density at radius 2 is 2.11 bits per heavy atom. The van der Waals surface area contributed by atoms with Crippen molar-refractivity contribution in [3.05, 3.63) is 10.6 Å². The second-order valence-electron chi connectivity index (χ2n) is 5.39. The lowest BCUT2D eigenvalue weighted by Crippen LogP contribution is -2.23. The fraction of sp³-hybridized carbons (Fsp3) is 0.769. The van der Waals surface area contributed by atoms with E-state index < -0.39 is 6.43 Å². The van der Waals surface area contributed by atoms with Crippen molar-refractivity contribution in [1.29, 1.82) is 0 Å². The summed E-state index contributed by atoms with van der Waals surface area (Å²) >= 11 is 1.54. The number of aromatic nitrogens is 1. The number of anilines is 1. The summed E-state index contributed by atoms with van der Waals surface area (Å²) in [6, 6.07) is 0.413. The standard InChI is InChI=1S/C13H21F2N3S/c1-8(2)16-6-10-12(9-4-5-9)17-13(19-10)18(3)7-11(14)15/h8-9,11,16H,4-7H2,1-3H3. The number of halogens is 2. The van der Waals surface area contributed by atoms with Gasteiger partial charge in [-0.3, -0.25) is 0 Å². The monoisotopic (exact) mass is 289 g/mol. The molecule has 1 aliphatic carbocycles. The van der Waals surface area contributed by atoms with E-state index in [0.717, 1.165) is 12.2 Å². The molecule has 0 atom stereocenters. The van der Waals surface area contributed by atoms with Gasteiger partial charge in [0.15, 0.2) is 5.13 Å². The SMILES string of the molecule is CC(C)NCc1sc(N(C)CC(F)F)nc1C1CC1. The average Bonchev–Trinajstić information content (AvgIpc) is 3.05. The Bertz CT molecular complexity index is 416. The van der Waals surface area contributed by atoms with Crippen LogP contribution in [0.15, 0.2) is 0 Å². The lowest BCUT2D eigenvalue weighted by molar-refractivity contribution is 0.156. The lowest BCUT2D eigenvalue weighted by atomic mass is 10.2. The quantitative estimate of drug-likeness (QED) is 0.835. The summed E-state index contributed by atoms with van der Waals surface area (Å²) in [4.78, 5) is 7.33. The van der Waals surface area contributed by atoms with Gasteiger partial charge in [-0.15, -0.1) is 11.3 Å². The van der Waals surface area contributed by atoms with Gasteiger partial charge in [-0.25, -0.2) is 13.8 Å². The Labute approximate surface area is 117 Å². The van der Waals surface area contributed by atoms with E-state index in [9.17, 15) is 8.78 Å². The molecule has 1 fully saturated rings. The van der Waals surface area contributed by atoms with E-state index in [-0.39, 0.29) is 6.54 Å². The average molecular weight is 289 g/mol. The number of hydrogen-bond acceptors (Lipinski definition) is 4. The topological polar surface area (TPSA) is 28.2 Å². The summed E-state index contributed by atoms with van der Waals surface area (Å²) in [6.45, 7) is 4.72. The molecule has 1 saturated carbocycles. The zero-order valence-electron chi connectivity index (χ0n) is 11.6. The molecule has 2 rings (SSSR count). The molecule has 108 valence electrons. The normalized spacial score (nSPS) is 15.5. The van der Waals surface area contributed by atoms with Crippen molar-refractivity contribution in [3.8, 4) is 0 Å². The van der Waals surface area contributed by atoms with Crippen molar-refractivity contribution >= 4 is 16.5 Å². The molecule has 0 aliphatic heterocycles. The van der Waals surface area contributed by atoms with Crippen LogP contribution in [0.1, 0.15) is 43.2 Å². The Kier molecular flexibility index (Phi) is 4.73. The van der Waals surface area contributed by atoms with Gasteiger partial charge in [0.25, 0.3) is 6.43 Å². The summed E-state index contributed by atoms with van der Waals surface area (Å²) in [7, 11) is 1.68. The van der Waals surface area contributed by atoms with Crippen LogP contribution < -0.4 is 10.2 Å². The molecule has 19 heavy (non-hydrogen) atoms. The smallest absolute Gasteiger partial charge is 0.255 e. The number of nitrogens with one attached hydrogen (secondary N) is 1. The highest BCUT2D eigenvalue weighted by Gasteiger charge is 2.30. The summed E-state index contributed by atoms with van der Waals surface area (Å²) in [5.74, 6) is 0.550. The highest BCUT2D eigenvalue weighted by atomic mass is 32.1. The van der Waals surface area contributed by atoms with Gasteiger partial charge in [-0.1, -0.05) is 13.8 Å². The van der Waals surface area contributed by atoms with Crippen molar-refractivity contribution in [1.82, 2.24) is 10.3 Å². The molecule has 0 spiro atoms. The van der Waals surface area contributed by atoms with Gasteiger partial charge >= 0.3 is 0 Å². The van der Waals surface area contributed by atoms with E-state index in [1.54, 1.807) is 11.9 Å². The molecule has 1 aromatic rings. The van der Waals surface area contributed by atoms with E-state index in [4.69, 9.17) is 0 Å². The minimum absolute atomic E-state index is 0.255.